The van der Waals surface area contributed by atoms with Crippen molar-refractivity contribution in [1.82, 2.24) is 9.79 Å². The number of carbonyl (C=O) groups is 2. The molecule has 2 amide bonds. The van der Waals surface area contributed by atoms with Gasteiger partial charge >= 0.3 is 0 Å². The average Bonchev–Trinajstić information content (AvgIpc) is 3.12. The van der Waals surface area contributed by atoms with Crippen LogP contribution in [0.2, 0.25) is 0 Å². The first-order chi connectivity index (χ1) is 12.7. The number of thiophene rings is 1. The van der Waals surface area contributed by atoms with E-state index in [1.807, 2.05) is 31.1 Å². The monoisotopic (exact) mass is 410 g/mol. The van der Waals surface area contributed by atoms with E-state index >= 15 is 0 Å². The Balaban J connectivity index is 1.74. The predicted molar refractivity (Wildman–Crippen MR) is 101 cm³/mol. The highest BCUT2D eigenvalue weighted by Gasteiger charge is 2.38. The first-order valence-corrected chi connectivity index (χ1v) is 10.1. The van der Waals surface area contributed by atoms with Crippen LogP contribution in [0.3, 0.4) is 0 Å². The third-order valence-corrected chi connectivity index (χ3v) is 7.46. The van der Waals surface area contributed by atoms with Gasteiger partial charge < -0.3 is 10.2 Å². The summed E-state index contributed by atoms with van der Waals surface area (Å²) < 4.78 is 26.0. The number of amides is 2. The van der Waals surface area contributed by atoms with E-state index < -0.39 is 22.5 Å². The van der Waals surface area contributed by atoms with Crippen LogP contribution in [-0.4, -0.2) is 50.4 Å². The van der Waals surface area contributed by atoms with Gasteiger partial charge in [-0.25, -0.2) is 13.9 Å². The smallest absolute Gasteiger partial charge is 0.258 e. The van der Waals surface area contributed by atoms with Crippen LogP contribution in [0, 0.1) is 0 Å². The van der Waals surface area contributed by atoms with Crippen LogP contribution >= 0.6 is 11.3 Å². The summed E-state index contributed by atoms with van der Waals surface area (Å²) in [6.45, 7) is -0.463. The standard InChI is InChI=1S/C16H18N4O5S2/c1-19(2)12-5-3-10(4-6-12)15(22)17-14-7-11-8-20(9-13(21)18-23)27(24,25)16(11)26-14/h3-7,23H,8-9H2,1-2H3,(H,17,22)(H,18,21). The van der Waals surface area contributed by atoms with E-state index in [0.29, 0.717) is 16.1 Å². The molecule has 3 N–H and O–H groups in total. The highest BCUT2D eigenvalue weighted by atomic mass is 32.2. The Morgan fingerprint density at radius 1 is 1.26 bits per heavy atom. The van der Waals surface area contributed by atoms with Gasteiger partial charge in [0.25, 0.3) is 21.8 Å². The molecule has 0 spiro atoms. The average molecular weight is 410 g/mol. The molecule has 1 aromatic heterocycles. The number of carbonyl (C=O) groups excluding carboxylic acids is 2. The van der Waals surface area contributed by atoms with Gasteiger partial charge in [-0.15, -0.1) is 11.3 Å². The van der Waals surface area contributed by atoms with Gasteiger partial charge in [-0.1, -0.05) is 0 Å². The SMILES string of the molecule is CN(C)c1ccc(C(=O)Nc2cc3c(s2)S(=O)(=O)N(CC(=O)NO)C3)cc1. The molecule has 0 unspecified atom stereocenters. The maximum absolute atomic E-state index is 12.5. The lowest BCUT2D eigenvalue weighted by Gasteiger charge is -2.13. The molecule has 1 aliphatic heterocycles. The van der Waals surface area contributed by atoms with Crippen molar-refractivity contribution in [3.05, 3.63) is 41.5 Å². The maximum Gasteiger partial charge on any atom is 0.258 e. The van der Waals surface area contributed by atoms with Crippen LogP contribution < -0.4 is 15.7 Å². The van der Waals surface area contributed by atoms with E-state index in [4.69, 9.17) is 5.21 Å². The molecule has 3 rings (SSSR count). The largest absolute Gasteiger partial charge is 0.378 e. The Morgan fingerprint density at radius 2 is 1.93 bits per heavy atom. The van der Waals surface area contributed by atoms with Gasteiger partial charge in [0.1, 0.15) is 4.21 Å². The second-order valence-corrected chi connectivity index (χ2v) is 9.31. The Bertz CT molecular complexity index is 983. The molecule has 0 saturated heterocycles. The minimum Gasteiger partial charge on any atom is -0.378 e. The van der Waals surface area contributed by atoms with Crippen LogP contribution in [0.5, 0.6) is 0 Å². The quantitative estimate of drug-likeness (QED) is 0.501. The number of benzene rings is 1. The van der Waals surface area contributed by atoms with Crippen molar-refractivity contribution >= 4 is 43.9 Å². The summed E-state index contributed by atoms with van der Waals surface area (Å²) in [5.41, 5.74) is 3.33. The number of nitrogens with zero attached hydrogens (tertiary/aromatic N) is 2. The second-order valence-electron chi connectivity index (χ2n) is 6.13. The van der Waals surface area contributed by atoms with Crippen LogP contribution in [0.4, 0.5) is 10.7 Å². The van der Waals surface area contributed by atoms with E-state index in [-0.39, 0.29) is 16.7 Å². The lowest BCUT2D eigenvalue weighted by Crippen LogP contribution is -2.36. The fourth-order valence-corrected chi connectivity index (χ4v) is 5.72. The molecule has 0 atom stereocenters. The van der Waals surface area contributed by atoms with Gasteiger partial charge in [0, 0.05) is 37.5 Å². The Labute approximate surface area is 160 Å². The van der Waals surface area contributed by atoms with Crippen molar-refractivity contribution < 1.29 is 23.2 Å². The lowest BCUT2D eigenvalue weighted by atomic mass is 10.2. The van der Waals surface area contributed by atoms with E-state index in [2.05, 4.69) is 5.32 Å². The van der Waals surface area contributed by atoms with Crippen molar-refractivity contribution in [2.75, 3.05) is 30.9 Å². The molecular weight excluding hydrogens is 392 g/mol. The first kappa shape index (κ1) is 19.3. The van der Waals surface area contributed by atoms with Gasteiger partial charge in [-0.3, -0.25) is 14.8 Å². The lowest BCUT2D eigenvalue weighted by molar-refractivity contribution is -0.129. The molecule has 2 aromatic rings. The summed E-state index contributed by atoms with van der Waals surface area (Å²) in [5.74, 6) is -1.16. The third kappa shape index (κ3) is 3.81. The maximum atomic E-state index is 12.5. The van der Waals surface area contributed by atoms with E-state index in [9.17, 15) is 18.0 Å². The number of sulfonamides is 1. The van der Waals surface area contributed by atoms with Crippen molar-refractivity contribution in [2.24, 2.45) is 0 Å². The van der Waals surface area contributed by atoms with Crippen molar-refractivity contribution in [2.45, 2.75) is 10.8 Å². The molecule has 1 aromatic carbocycles. The fourth-order valence-electron chi connectivity index (χ4n) is 2.63. The Kier molecular flexibility index (Phi) is 5.20. The topological polar surface area (TPSA) is 119 Å². The number of rotatable bonds is 5. The number of hydroxylamine groups is 1. The summed E-state index contributed by atoms with van der Waals surface area (Å²) in [7, 11) is -0.0252. The highest BCUT2D eigenvalue weighted by molar-refractivity contribution is 7.91. The Morgan fingerprint density at radius 3 is 2.48 bits per heavy atom. The molecule has 0 saturated carbocycles. The second kappa shape index (κ2) is 7.27. The number of anilines is 2. The summed E-state index contributed by atoms with van der Waals surface area (Å²) in [4.78, 5) is 25.5. The molecule has 9 nitrogen and oxygen atoms in total. The summed E-state index contributed by atoms with van der Waals surface area (Å²) in [5, 5.41) is 11.7. The molecule has 27 heavy (non-hydrogen) atoms. The highest BCUT2D eigenvalue weighted by Crippen LogP contribution is 2.39. The van der Waals surface area contributed by atoms with Crippen LogP contribution in [0.15, 0.2) is 34.5 Å². The summed E-state index contributed by atoms with van der Waals surface area (Å²) >= 11 is 0.934. The molecule has 0 bridgehead atoms. The van der Waals surface area contributed by atoms with Crippen LogP contribution in [0.1, 0.15) is 15.9 Å². The molecule has 1 aliphatic rings. The van der Waals surface area contributed by atoms with Crippen molar-refractivity contribution in [3.8, 4) is 0 Å². The van der Waals surface area contributed by atoms with E-state index in [1.54, 1.807) is 18.2 Å². The molecule has 0 aliphatic carbocycles. The van der Waals surface area contributed by atoms with Gasteiger partial charge in [-0.2, -0.15) is 4.31 Å². The summed E-state index contributed by atoms with van der Waals surface area (Å²) in [6, 6.07) is 8.60. The molecule has 2 heterocycles. The van der Waals surface area contributed by atoms with Crippen LogP contribution in [0.25, 0.3) is 0 Å². The van der Waals surface area contributed by atoms with Crippen LogP contribution in [-0.2, 0) is 21.4 Å². The van der Waals surface area contributed by atoms with E-state index in [1.165, 1.54) is 5.48 Å². The zero-order valence-electron chi connectivity index (χ0n) is 14.6. The normalized spacial score (nSPS) is 15.2. The predicted octanol–water partition coefficient (Wildman–Crippen LogP) is 1.08. The van der Waals surface area contributed by atoms with Gasteiger partial charge in [0.05, 0.1) is 11.5 Å². The summed E-state index contributed by atoms with van der Waals surface area (Å²) in [6.07, 6.45) is 0. The fraction of sp³-hybridized carbons (Fsp3) is 0.250. The molecular formula is C16H18N4O5S2. The molecule has 0 fully saturated rings. The zero-order chi connectivity index (χ0) is 19.8. The van der Waals surface area contributed by atoms with Gasteiger partial charge in [0.2, 0.25) is 0 Å². The van der Waals surface area contributed by atoms with E-state index in [0.717, 1.165) is 21.3 Å². The zero-order valence-corrected chi connectivity index (χ0v) is 16.2. The molecule has 144 valence electrons. The first-order valence-electron chi connectivity index (χ1n) is 7.87. The minimum atomic E-state index is -3.82. The van der Waals surface area contributed by atoms with Crippen molar-refractivity contribution in [1.29, 1.82) is 0 Å². The van der Waals surface area contributed by atoms with Gasteiger partial charge in [-0.05, 0) is 30.3 Å². The minimum absolute atomic E-state index is 0.00892. The van der Waals surface area contributed by atoms with Gasteiger partial charge in [0.15, 0.2) is 0 Å². The number of hydrogen-bond acceptors (Lipinski definition) is 7. The number of fused-ring (bicyclic) bond motifs is 1. The third-order valence-electron chi connectivity index (χ3n) is 4.02. The van der Waals surface area contributed by atoms with Crippen molar-refractivity contribution in [3.63, 3.8) is 0 Å². The molecule has 11 heteroatoms. The Hall–Kier alpha value is -2.47. The molecule has 0 radical (unpaired) electrons. The number of nitrogens with one attached hydrogen (secondary N) is 2. The number of hydrogen-bond donors (Lipinski definition) is 3.